The maximum atomic E-state index is 13.2. The first kappa shape index (κ1) is 17.2. The zero-order valence-electron chi connectivity index (χ0n) is 15.4. The van der Waals surface area contributed by atoms with Gasteiger partial charge in [-0.15, -0.1) is 0 Å². The van der Waals surface area contributed by atoms with Crippen molar-refractivity contribution in [2.75, 3.05) is 0 Å². The second-order valence-electron chi connectivity index (χ2n) is 7.27. The monoisotopic (exact) mass is 387 g/mol. The molecule has 1 aromatic heterocycles. The summed E-state index contributed by atoms with van der Waals surface area (Å²) in [5.41, 5.74) is 3.07. The van der Waals surface area contributed by atoms with Gasteiger partial charge in [0.1, 0.15) is 6.20 Å². The van der Waals surface area contributed by atoms with Crippen LogP contribution in [0.1, 0.15) is 22.6 Å². The molecule has 1 aliphatic rings. The van der Waals surface area contributed by atoms with E-state index >= 15 is 0 Å². The minimum absolute atomic E-state index is 0.143. The number of imidazole rings is 1. The Kier molecular flexibility index (Phi) is 4.25. The molecule has 0 saturated carbocycles. The molecule has 5 rings (SSSR count). The number of nitrogens with zero attached hydrogens (tertiary/aromatic N) is 2. The number of carbonyl (C=O) groups excluding carboxylic acids is 1. The zero-order chi connectivity index (χ0) is 19.1. The van der Waals surface area contributed by atoms with Gasteiger partial charge in [0, 0.05) is 16.1 Å². The van der Waals surface area contributed by atoms with E-state index in [-0.39, 0.29) is 5.78 Å². The normalized spacial score (nSPS) is 13.0. The SMILES string of the molecule is O=C(C[n+]1cc(-c2ccc(Cl)cc2)n2c1CCC2)c1cccc2ccccc12. The minimum atomic E-state index is 0.143. The van der Waals surface area contributed by atoms with Crippen molar-refractivity contribution in [2.24, 2.45) is 0 Å². The molecule has 0 fully saturated rings. The lowest BCUT2D eigenvalue weighted by Gasteiger charge is -2.05. The van der Waals surface area contributed by atoms with Crippen LogP contribution in [-0.2, 0) is 19.5 Å². The van der Waals surface area contributed by atoms with Gasteiger partial charge in [-0.2, -0.15) is 0 Å². The second-order valence-corrected chi connectivity index (χ2v) is 7.71. The smallest absolute Gasteiger partial charge is 0.257 e. The van der Waals surface area contributed by atoms with E-state index in [1.807, 2.05) is 66.7 Å². The van der Waals surface area contributed by atoms with E-state index in [2.05, 4.69) is 15.3 Å². The third-order valence-corrected chi connectivity index (χ3v) is 5.79. The molecule has 3 nitrogen and oxygen atoms in total. The molecule has 28 heavy (non-hydrogen) atoms. The van der Waals surface area contributed by atoms with Crippen LogP contribution in [0.3, 0.4) is 0 Å². The first-order chi connectivity index (χ1) is 13.7. The third-order valence-electron chi connectivity index (χ3n) is 5.54. The predicted octanol–water partition coefficient (Wildman–Crippen LogP) is 5.08. The molecule has 0 amide bonds. The van der Waals surface area contributed by atoms with E-state index in [1.54, 1.807) is 0 Å². The summed E-state index contributed by atoms with van der Waals surface area (Å²) in [4.78, 5) is 13.2. The van der Waals surface area contributed by atoms with Gasteiger partial charge in [0.2, 0.25) is 5.78 Å². The lowest BCUT2D eigenvalue weighted by atomic mass is 10.0. The highest BCUT2D eigenvalue weighted by Gasteiger charge is 2.30. The summed E-state index contributed by atoms with van der Waals surface area (Å²) < 4.78 is 4.46. The van der Waals surface area contributed by atoms with Crippen molar-refractivity contribution in [1.82, 2.24) is 4.57 Å². The van der Waals surface area contributed by atoms with E-state index < -0.39 is 0 Å². The molecule has 0 spiro atoms. The topological polar surface area (TPSA) is 25.9 Å². The molecule has 0 N–H and O–H groups in total. The van der Waals surface area contributed by atoms with Crippen LogP contribution in [0.15, 0.2) is 72.9 Å². The predicted molar refractivity (Wildman–Crippen MR) is 112 cm³/mol. The van der Waals surface area contributed by atoms with Crippen molar-refractivity contribution < 1.29 is 9.36 Å². The van der Waals surface area contributed by atoms with Crippen molar-refractivity contribution in [2.45, 2.75) is 25.9 Å². The van der Waals surface area contributed by atoms with Crippen molar-refractivity contribution in [3.05, 3.63) is 89.3 Å². The number of fused-ring (bicyclic) bond motifs is 2. The maximum absolute atomic E-state index is 13.2. The van der Waals surface area contributed by atoms with E-state index in [9.17, 15) is 4.79 Å². The summed E-state index contributed by atoms with van der Waals surface area (Å²) in [5, 5.41) is 2.85. The van der Waals surface area contributed by atoms with Gasteiger partial charge >= 0.3 is 0 Å². The molecule has 138 valence electrons. The summed E-state index contributed by atoms with van der Waals surface area (Å²) in [6.45, 7) is 1.35. The standard InChI is InChI=1S/C24H20ClN2O/c25-19-12-10-18(11-13-19)22-15-26(24-9-4-14-27(22)24)16-23(28)21-8-3-6-17-5-1-2-7-20(17)21/h1-3,5-8,10-13,15H,4,9,14,16H2/q+1. The maximum Gasteiger partial charge on any atom is 0.257 e. The van der Waals surface area contributed by atoms with E-state index in [4.69, 9.17) is 11.6 Å². The lowest BCUT2D eigenvalue weighted by Crippen LogP contribution is -2.40. The third kappa shape index (κ3) is 2.92. The molecule has 3 aromatic carbocycles. The van der Waals surface area contributed by atoms with Crippen molar-refractivity contribution in [3.8, 4) is 11.3 Å². The zero-order valence-corrected chi connectivity index (χ0v) is 16.2. The highest BCUT2D eigenvalue weighted by atomic mass is 35.5. The van der Waals surface area contributed by atoms with Crippen LogP contribution in [0.2, 0.25) is 5.02 Å². The first-order valence-corrected chi connectivity index (χ1v) is 9.97. The quantitative estimate of drug-likeness (QED) is 0.354. The fraction of sp³-hybridized carbons (Fsp3) is 0.167. The Morgan fingerprint density at radius 3 is 2.64 bits per heavy atom. The average molecular weight is 388 g/mol. The molecule has 2 heterocycles. The molecule has 0 unspecified atom stereocenters. The van der Waals surface area contributed by atoms with Gasteiger partial charge in [-0.05, 0) is 41.5 Å². The Balaban J connectivity index is 1.53. The van der Waals surface area contributed by atoms with Crippen LogP contribution in [-0.4, -0.2) is 10.4 Å². The fourth-order valence-electron chi connectivity index (χ4n) is 4.21. The number of halogens is 1. The van der Waals surface area contributed by atoms with Crippen LogP contribution < -0.4 is 4.57 Å². The number of hydrogen-bond donors (Lipinski definition) is 0. The summed E-state index contributed by atoms with van der Waals surface area (Å²) in [5.74, 6) is 1.36. The first-order valence-electron chi connectivity index (χ1n) is 9.59. The molecular weight excluding hydrogens is 368 g/mol. The number of hydrogen-bond acceptors (Lipinski definition) is 1. The Bertz CT molecular complexity index is 1190. The minimum Gasteiger partial charge on any atom is -0.290 e. The van der Waals surface area contributed by atoms with Crippen molar-refractivity contribution >= 4 is 28.2 Å². The Morgan fingerprint density at radius 2 is 1.79 bits per heavy atom. The van der Waals surface area contributed by atoms with Crippen molar-refractivity contribution in [1.29, 1.82) is 0 Å². The number of carbonyl (C=O) groups is 1. The number of rotatable bonds is 4. The van der Waals surface area contributed by atoms with Gasteiger partial charge in [0.25, 0.3) is 5.82 Å². The molecule has 0 bridgehead atoms. The largest absolute Gasteiger partial charge is 0.290 e. The number of ketones is 1. The Morgan fingerprint density at radius 1 is 1.00 bits per heavy atom. The van der Waals surface area contributed by atoms with Gasteiger partial charge in [0.15, 0.2) is 12.2 Å². The number of benzene rings is 3. The molecule has 4 aromatic rings. The van der Waals surface area contributed by atoms with Crippen LogP contribution >= 0.6 is 11.6 Å². The highest BCUT2D eigenvalue weighted by Crippen LogP contribution is 2.26. The van der Waals surface area contributed by atoms with E-state index in [0.717, 1.165) is 52.0 Å². The molecule has 0 atom stereocenters. The van der Waals surface area contributed by atoms with Gasteiger partial charge < -0.3 is 0 Å². The van der Waals surface area contributed by atoms with Gasteiger partial charge in [-0.25, -0.2) is 9.13 Å². The van der Waals surface area contributed by atoms with Gasteiger partial charge in [-0.1, -0.05) is 54.1 Å². The Hall–Kier alpha value is -2.91. The van der Waals surface area contributed by atoms with E-state index in [0.29, 0.717) is 6.54 Å². The molecule has 0 aliphatic carbocycles. The lowest BCUT2D eigenvalue weighted by molar-refractivity contribution is -0.689. The second kappa shape index (κ2) is 6.92. The average Bonchev–Trinajstić information content (AvgIpc) is 3.32. The van der Waals surface area contributed by atoms with E-state index in [1.165, 1.54) is 5.82 Å². The summed E-state index contributed by atoms with van der Waals surface area (Å²) in [6.07, 6.45) is 4.22. The van der Waals surface area contributed by atoms with Crippen LogP contribution in [0.4, 0.5) is 0 Å². The fourth-order valence-corrected chi connectivity index (χ4v) is 4.33. The van der Waals surface area contributed by atoms with Gasteiger partial charge in [-0.3, -0.25) is 4.79 Å². The summed E-state index contributed by atoms with van der Waals surface area (Å²) in [6, 6.07) is 21.9. The molecule has 0 saturated heterocycles. The molecule has 4 heteroatoms. The molecule has 1 aliphatic heterocycles. The Labute approximate surface area is 168 Å². The van der Waals surface area contributed by atoms with Gasteiger partial charge in [0.05, 0.1) is 13.0 Å². The van der Waals surface area contributed by atoms with Crippen LogP contribution in [0, 0.1) is 0 Å². The van der Waals surface area contributed by atoms with Crippen LogP contribution in [0.25, 0.3) is 22.0 Å². The van der Waals surface area contributed by atoms with Crippen molar-refractivity contribution in [3.63, 3.8) is 0 Å². The summed E-state index contributed by atoms with van der Waals surface area (Å²) >= 11 is 6.05. The number of Topliss-reactive ketones (excluding diaryl/α,β-unsaturated/α-hetero) is 1. The highest BCUT2D eigenvalue weighted by molar-refractivity contribution is 6.30. The molecule has 0 radical (unpaired) electrons. The number of aromatic nitrogens is 2. The molecular formula is C24H20ClN2O+. The summed E-state index contributed by atoms with van der Waals surface area (Å²) in [7, 11) is 0. The van der Waals surface area contributed by atoms with Crippen LogP contribution in [0.5, 0.6) is 0 Å².